The number of rotatable bonds is 4. The molecule has 2 aliphatic heterocycles. The fourth-order valence-electron chi connectivity index (χ4n) is 4.68. The van der Waals surface area contributed by atoms with E-state index in [0.29, 0.717) is 12.0 Å². The third-order valence-corrected chi connectivity index (χ3v) is 6.23. The molecule has 5 nitrogen and oxygen atoms in total. The largest absolute Gasteiger partial charge is 0.457 e. The van der Waals surface area contributed by atoms with Crippen molar-refractivity contribution < 1.29 is 4.74 Å². The minimum atomic E-state index is 0.501. The number of nitrogens with one attached hydrogen (secondary N) is 2. The summed E-state index contributed by atoms with van der Waals surface area (Å²) in [6.07, 6.45) is 3.63. The van der Waals surface area contributed by atoms with Crippen molar-refractivity contribution in [2.45, 2.75) is 32.2 Å². The van der Waals surface area contributed by atoms with E-state index in [4.69, 9.17) is 9.84 Å². The van der Waals surface area contributed by atoms with Gasteiger partial charge in [0.1, 0.15) is 17.3 Å². The third kappa shape index (κ3) is 3.62. The Morgan fingerprint density at radius 3 is 2.38 bits per heavy atom. The van der Waals surface area contributed by atoms with E-state index in [1.54, 1.807) is 0 Å². The highest BCUT2D eigenvalue weighted by Crippen LogP contribution is 2.39. The van der Waals surface area contributed by atoms with E-state index in [2.05, 4.69) is 34.4 Å². The van der Waals surface area contributed by atoms with E-state index in [1.165, 1.54) is 24.2 Å². The number of ether oxygens (including phenoxy) is 1. The molecule has 1 atom stereocenters. The highest BCUT2D eigenvalue weighted by Gasteiger charge is 2.31. The van der Waals surface area contributed by atoms with Gasteiger partial charge in [-0.05, 0) is 81.6 Å². The molecule has 3 aromatic rings. The van der Waals surface area contributed by atoms with Crippen LogP contribution in [-0.4, -0.2) is 29.4 Å². The summed E-state index contributed by atoms with van der Waals surface area (Å²) in [5.41, 5.74) is 3.44. The second kappa shape index (κ2) is 7.91. The molecule has 0 amide bonds. The molecule has 1 unspecified atom stereocenters. The minimum absolute atomic E-state index is 0.501. The highest BCUT2D eigenvalue weighted by molar-refractivity contribution is 5.70. The highest BCUT2D eigenvalue weighted by atomic mass is 16.5. The van der Waals surface area contributed by atoms with Gasteiger partial charge in [0.05, 0.1) is 11.7 Å². The van der Waals surface area contributed by atoms with Gasteiger partial charge >= 0.3 is 0 Å². The van der Waals surface area contributed by atoms with Crippen LogP contribution in [0, 0.1) is 12.8 Å². The lowest BCUT2D eigenvalue weighted by molar-refractivity contribution is 0.231. The lowest BCUT2D eigenvalue weighted by atomic mass is 9.87. The van der Waals surface area contributed by atoms with Gasteiger partial charge in [-0.15, -0.1) is 0 Å². The molecule has 2 N–H and O–H groups in total. The summed E-state index contributed by atoms with van der Waals surface area (Å²) in [6.45, 7) is 5.46. The Hall–Kier alpha value is -2.79. The van der Waals surface area contributed by atoms with Crippen LogP contribution in [0.2, 0.25) is 0 Å². The van der Waals surface area contributed by atoms with Gasteiger partial charge in [0.15, 0.2) is 0 Å². The summed E-state index contributed by atoms with van der Waals surface area (Å²) in [5.74, 6) is 3.60. The number of benzene rings is 2. The molecule has 5 rings (SSSR count). The van der Waals surface area contributed by atoms with Gasteiger partial charge in [-0.1, -0.05) is 18.2 Å². The maximum absolute atomic E-state index is 5.93. The number of nitrogens with zero attached hydrogens (tertiary/aromatic N) is 2. The van der Waals surface area contributed by atoms with Crippen LogP contribution in [-0.2, 0) is 0 Å². The van der Waals surface area contributed by atoms with Crippen LogP contribution in [0.4, 0.5) is 5.82 Å². The molecule has 0 radical (unpaired) electrons. The Kier molecular flexibility index (Phi) is 4.98. The monoisotopic (exact) mass is 388 g/mol. The molecule has 29 heavy (non-hydrogen) atoms. The molecule has 150 valence electrons. The van der Waals surface area contributed by atoms with Crippen molar-refractivity contribution >= 4 is 5.82 Å². The van der Waals surface area contributed by atoms with Crippen molar-refractivity contribution in [3.63, 3.8) is 0 Å². The zero-order valence-electron chi connectivity index (χ0n) is 16.9. The smallest absolute Gasteiger partial charge is 0.128 e. The predicted molar refractivity (Wildman–Crippen MR) is 117 cm³/mol. The lowest BCUT2D eigenvalue weighted by Gasteiger charge is -2.34. The fraction of sp³-hybridized carbons (Fsp3) is 0.375. The van der Waals surface area contributed by atoms with Crippen LogP contribution >= 0.6 is 0 Å². The second-order valence-electron chi connectivity index (χ2n) is 8.08. The zero-order chi connectivity index (χ0) is 19.6. The second-order valence-corrected chi connectivity index (χ2v) is 8.08. The van der Waals surface area contributed by atoms with Gasteiger partial charge in [0.25, 0.3) is 0 Å². The van der Waals surface area contributed by atoms with E-state index < -0.39 is 0 Å². The van der Waals surface area contributed by atoms with E-state index in [9.17, 15) is 0 Å². The Labute approximate surface area is 172 Å². The van der Waals surface area contributed by atoms with Crippen molar-refractivity contribution in [1.82, 2.24) is 15.1 Å². The molecular weight excluding hydrogens is 360 g/mol. The average Bonchev–Trinajstić information content (AvgIpc) is 3.12. The molecule has 1 saturated heterocycles. The Bertz CT molecular complexity index is 959. The average molecular weight is 389 g/mol. The molecule has 2 aromatic carbocycles. The van der Waals surface area contributed by atoms with Gasteiger partial charge in [0, 0.05) is 17.7 Å². The van der Waals surface area contributed by atoms with Crippen LogP contribution < -0.4 is 15.4 Å². The van der Waals surface area contributed by atoms with Crippen LogP contribution in [0.15, 0.2) is 54.6 Å². The van der Waals surface area contributed by atoms with Gasteiger partial charge in [0.2, 0.25) is 0 Å². The zero-order valence-corrected chi connectivity index (χ0v) is 16.9. The van der Waals surface area contributed by atoms with E-state index in [1.807, 2.05) is 42.5 Å². The van der Waals surface area contributed by atoms with Crippen molar-refractivity contribution in [2.75, 3.05) is 25.0 Å². The molecule has 0 spiro atoms. The standard InChI is InChI=1S/C24H28N4O/c1-17-23(19-7-9-21(10-8-19)29-20-5-3-2-4-6-20)27-28-22(13-16-26-24(17)28)18-11-14-25-15-12-18/h2-10,18,22,25-26H,11-16H2,1H3. The molecule has 1 fully saturated rings. The Morgan fingerprint density at radius 1 is 0.897 bits per heavy atom. The summed E-state index contributed by atoms with van der Waals surface area (Å²) >= 11 is 0. The quantitative estimate of drug-likeness (QED) is 0.660. The van der Waals surface area contributed by atoms with Crippen LogP contribution in [0.3, 0.4) is 0 Å². The Morgan fingerprint density at radius 2 is 1.62 bits per heavy atom. The van der Waals surface area contributed by atoms with Crippen molar-refractivity contribution in [2.24, 2.45) is 5.92 Å². The number of para-hydroxylation sites is 1. The molecule has 1 aromatic heterocycles. The molecule has 0 saturated carbocycles. The molecule has 2 aliphatic rings. The number of hydrogen-bond donors (Lipinski definition) is 2. The number of aromatic nitrogens is 2. The first-order valence-electron chi connectivity index (χ1n) is 10.7. The van der Waals surface area contributed by atoms with Crippen molar-refractivity contribution in [3.8, 4) is 22.8 Å². The van der Waals surface area contributed by atoms with Crippen LogP contribution in [0.25, 0.3) is 11.3 Å². The SMILES string of the molecule is Cc1c(-c2ccc(Oc3ccccc3)cc2)nn2c1NCCC2C1CCNCC1. The first kappa shape index (κ1) is 18.3. The first-order chi connectivity index (χ1) is 14.3. The minimum Gasteiger partial charge on any atom is -0.457 e. The molecule has 0 bridgehead atoms. The molecule has 0 aliphatic carbocycles. The number of hydrogen-bond acceptors (Lipinski definition) is 4. The van der Waals surface area contributed by atoms with E-state index in [0.717, 1.165) is 48.8 Å². The maximum Gasteiger partial charge on any atom is 0.128 e. The van der Waals surface area contributed by atoms with Gasteiger partial charge in [-0.2, -0.15) is 5.10 Å². The van der Waals surface area contributed by atoms with Gasteiger partial charge < -0.3 is 15.4 Å². The topological polar surface area (TPSA) is 51.1 Å². The number of anilines is 1. The van der Waals surface area contributed by atoms with Crippen LogP contribution in [0.1, 0.15) is 30.9 Å². The summed E-state index contributed by atoms with van der Waals surface area (Å²) in [5, 5.41) is 12.2. The van der Waals surface area contributed by atoms with Gasteiger partial charge in [-0.25, -0.2) is 4.68 Å². The first-order valence-corrected chi connectivity index (χ1v) is 10.7. The lowest BCUT2D eigenvalue weighted by Crippen LogP contribution is -2.36. The van der Waals surface area contributed by atoms with Gasteiger partial charge in [-0.3, -0.25) is 0 Å². The van der Waals surface area contributed by atoms with E-state index in [-0.39, 0.29) is 0 Å². The van der Waals surface area contributed by atoms with Crippen molar-refractivity contribution in [1.29, 1.82) is 0 Å². The summed E-state index contributed by atoms with van der Waals surface area (Å²) in [7, 11) is 0. The normalized spacial score (nSPS) is 19.4. The summed E-state index contributed by atoms with van der Waals surface area (Å²) in [6, 6.07) is 18.7. The summed E-state index contributed by atoms with van der Waals surface area (Å²) in [4.78, 5) is 0. The fourth-order valence-corrected chi connectivity index (χ4v) is 4.68. The summed E-state index contributed by atoms with van der Waals surface area (Å²) < 4.78 is 8.21. The van der Waals surface area contributed by atoms with Crippen LogP contribution in [0.5, 0.6) is 11.5 Å². The predicted octanol–water partition coefficient (Wildman–Crippen LogP) is 5.01. The Balaban J connectivity index is 1.41. The molecule has 5 heteroatoms. The number of piperidine rings is 1. The third-order valence-electron chi connectivity index (χ3n) is 6.23. The number of fused-ring (bicyclic) bond motifs is 1. The van der Waals surface area contributed by atoms with E-state index >= 15 is 0 Å². The molecule has 3 heterocycles. The maximum atomic E-state index is 5.93. The molecular formula is C24H28N4O. The van der Waals surface area contributed by atoms with Crippen molar-refractivity contribution in [3.05, 3.63) is 60.2 Å².